The molecular weight excluding hydrogens is 333 g/mol. The Bertz CT molecular complexity index is 868. The number of hydrogen-bond acceptors (Lipinski definition) is 4. The Balaban J connectivity index is 1.79. The first-order valence-corrected chi connectivity index (χ1v) is 7.25. The Morgan fingerprint density at radius 1 is 1.04 bits per heavy atom. The zero-order chi connectivity index (χ0) is 17.9. The summed E-state index contributed by atoms with van der Waals surface area (Å²) in [6, 6.07) is 12.9. The number of nitrogens with zero attached hydrogens (tertiary/aromatic N) is 4. The molecule has 25 heavy (non-hydrogen) atoms. The van der Waals surface area contributed by atoms with E-state index in [2.05, 4.69) is 19.8 Å². The molecule has 0 saturated carbocycles. The van der Waals surface area contributed by atoms with E-state index in [0.29, 0.717) is 11.5 Å². The number of hydrogen-bond donors (Lipinski definition) is 0. The molecule has 8 heteroatoms. The molecule has 0 unspecified atom stereocenters. The Morgan fingerprint density at radius 3 is 2.32 bits per heavy atom. The van der Waals surface area contributed by atoms with Gasteiger partial charge in [0.05, 0.1) is 5.69 Å². The number of aliphatic imine (C=N–C) groups is 1. The van der Waals surface area contributed by atoms with Crippen molar-refractivity contribution >= 4 is 6.21 Å². The van der Waals surface area contributed by atoms with Crippen LogP contribution in [0.15, 0.2) is 59.9 Å². The van der Waals surface area contributed by atoms with Crippen LogP contribution in [0.5, 0.6) is 5.75 Å². The quantitative estimate of drug-likeness (QED) is 0.674. The maximum atomic E-state index is 12.2. The van der Waals surface area contributed by atoms with Crippen molar-refractivity contribution in [1.29, 1.82) is 0 Å². The second-order valence-corrected chi connectivity index (χ2v) is 5.06. The lowest BCUT2D eigenvalue weighted by molar-refractivity contribution is -0.274. The van der Waals surface area contributed by atoms with Crippen molar-refractivity contribution in [3.05, 3.63) is 60.4 Å². The number of aromatic nitrogens is 3. The van der Waals surface area contributed by atoms with Gasteiger partial charge in [-0.05, 0) is 29.8 Å². The normalized spacial score (nSPS) is 11.8. The SMILES string of the molecule is CN=Cc1ccc(-c2ncn(-c3ccc(OC(F)(F)F)cc3)n2)cc1. The van der Waals surface area contributed by atoms with Gasteiger partial charge in [-0.3, -0.25) is 4.99 Å². The average Bonchev–Trinajstić information content (AvgIpc) is 3.05. The van der Waals surface area contributed by atoms with Crippen molar-refractivity contribution in [2.24, 2.45) is 4.99 Å². The Labute approximate surface area is 141 Å². The Kier molecular flexibility index (Phi) is 4.51. The van der Waals surface area contributed by atoms with E-state index in [9.17, 15) is 13.2 Å². The summed E-state index contributed by atoms with van der Waals surface area (Å²) in [7, 11) is 1.70. The van der Waals surface area contributed by atoms with Gasteiger partial charge in [-0.25, -0.2) is 9.67 Å². The monoisotopic (exact) mass is 346 g/mol. The highest BCUT2D eigenvalue weighted by atomic mass is 19.4. The molecule has 0 fully saturated rings. The topological polar surface area (TPSA) is 52.3 Å². The predicted molar refractivity (Wildman–Crippen MR) is 87.0 cm³/mol. The summed E-state index contributed by atoms with van der Waals surface area (Å²) in [4.78, 5) is 8.17. The molecule has 5 nitrogen and oxygen atoms in total. The first kappa shape index (κ1) is 16.7. The van der Waals surface area contributed by atoms with E-state index < -0.39 is 6.36 Å². The van der Waals surface area contributed by atoms with Crippen LogP contribution in [0, 0.1) is 0 Å². The summed E-state index contributed by atoms with van der Waals surface area (Å²) in [6.07, 6.45) is -1.48. The average molecular weight is 346 g/mol. The molecule has 0 aliphatic heterocycles. The third-order valence-electron chi connectivity index (χ3n) is 3.27. The molecule has 3 rings (SSSR count). The zero-order valence-electron chi connectivity index (χ0n) is 13.1. The van der Waals surface area contributed by atoms with Gasteiger partial charge >= 0.3 is 6.36 Å². The molecule has 3 aromatic rings. The number of halogens is 3. The number of rotatable bonds is 4. The number of alkyl halides is 3. The van der Waals surface area contributed by atoms with Gasteiger partial charge in [-0.15, -0.1) is 18.3 Å². The van der Waals surface area contributed by atoms with Crippen LogP contribution in [0.2, 0.25) is 0 Å². The largest absolute Gasteiger partial charge is 0.573 e. The summed E-state index contributed by atoms with van der Waals surface area (Å²) < 4.78 is 41.8. The molecule has 0 bridgehead atoms. The smallest absolute Gasteiger partial charge is 0.406 e. The maximum Gasteiger partial charge on any atom is 0.573 e. The highest BCUT2D eigenvalue weighted by molar-refractivity contribution is 5.80. The Morgan fingerprint density at radius 2 is 1.72 bits per heavy atom. The molecule has 0 spiro atoms. The van der Waals surface area contributed by atoms with E-state index in [0.717, 1.165) is 11.1 Å². The fourth-order valence-electron chi connectivity index (χ4n) is 2.19. The number of ether oxygens (including phenoxy) is 1. The van der Waals surface area contributed by atoms with Gasteiger partial charge in [0.1, 0.15) is 12.1 Å². The van der Waals surface area contributed by atoms with Gasteiger partial charge in [0.2, 0.25) is 0 Å². The van der Waals surface area contributed by atoms with Crippen molar-refractivity contribution < 1.29 is 17.9 Å². The molecule has 0 atom stereocenters. The van der Waals surface area contributed by atoms with Gasteiger partial charge in [0, 0.05) is 18.8 Å². The fraction of sp³-hybridized carbons (Fsp3) is 0.118. The van der Waals surface area contributed by atoms with Crippen LogP contribution in [0.3, 0.4) is 0 Å². The van der Waals surface area contributed by atoms with Crippen molar-refractivity contribution in [3.8, 4) is 22.8 Å². The van der Waals surface area contributed by atoms with E-state index in [1.54, 1.807) is 13.3 Å². The molecule has 0 N–H and O–H groups in total. The second-order valence-electron chi connectivity index (χ2n) is 5.06. The molecule has 2 aromatic carbocycles. The van der Waals surface area contributed by atoms with Gasteiger partial charge in [-0.1, -0.05) is 24.3 Å². The zero-order valence-corrected chi connectivity index (χ0v) is 13.1. The molecule has 0 aliphatic rings. The van der Waals surface area contributed by atoms with Crippen molar-refractivity contribution in [2.45, 2.75) is 6.36 Å². The van der Waals surface area contributed by atoms with E-state index in [1.807, 2.05) is 24.3 Å². The summed E-state index contributed by atoms with van der Waals surface area (Å²) >= 11 is 0. The first-order chi connectivity index (χ1) is 11.9. The van der Waals surface area contributed by atoms with Crippen LogP contribution in [-0.2, 0) is 0 Å². The summed E-state index contributed by atoms with van der Waals surface area (Å²) in [6.45, 7) is 0. The molecular formula is C17H13F3N4O. The summed E-state index contributed by atoms with van der Waals surface area (Å²) in [5.41, 5.74) is 2.36. The highest BCUT2D eigenvalue weighted by Crippen LogP contribution is 2.24. The van der Waals surface area contributed by atoms with Crippen LogP contribution >= 0.6 is 0 Å². The maximum absolute atomic E-state index is 12.2. The third-order valence-corrected chi connectivity index (χ3v) is 3.27. The standard InChI is InChI=1S/C17H13F3N4O/c1-21-10-12-2-4-13(5-3-12)16-22-11-24(23-16)14-6-8-15(9-7-14)25-17(18,19)20/h2-11H,1H3. The first-order valence-electron chi connectivity index (χ1n) is 7.25. The van der Waals surface area contributed by atoms with E-state index in [-0.39, 0.29) is 5.75 Å². The van der Waals surface area contributed by atoms with E-state index in [1.165, 1.54) is 35.3 Å². The minimum Gasteiger partial charge on any atom is -0.406 e. The molecule has 0 saturated heterocycles. The lowest BCUT2D eigenvalue weighted by atomic mass is 10.1. The second kappa shape index (κ2) is 6.76. The highest BCUT2D eigenvalue weighted by Gasteiger charge is 2.30. The fourth-order valence-corrected chi connectivity index (χ4v) is 2.19. The lowest BCUT2D eigenvalue weighted by Gasteiger charge is -2.09. The van der Waals surface area contributed by atoms with Gasteiger partial charge in [-0.2, -0.15) is 0 Å². The summed E-state index contributed by atoms with van der Waals surface area (Å²) in [5, 5.41) is 4.34. The van der Waals surface area contributed by atoms with Gasteiger partial charge in [0.25, 0.3) is 0 Å². The molecule has 1 heterocycles. The van der Waals surface area contributed by atoms with Crippen molar-refractivity contribution in [3.63, 3.8) is 0 Å². The summed E-state index contributed by atoms with van der Waals surface area (Å²) in [5.74, 6) is 0.223. The molecule has 0 aliphatic carbocycles. The van der Waals surface area contributed by atoms with Crippen LogP contribution in [0.25, 0.3) is 17.1 Å². The predicted octanol–water partition coefficient (Wildman–Crippen LogP) is 3.88. The Hall–Kier alpha value is -3.16. The van der Waals surface area contributed by atoms with Crippen LogP contribution in [0.1, 0.15) is 5.56 Å². The van der Waals surface area contributed by atoms with Gasteiger partial charge in [0.15, 0.2) is 5.82 Å². The van der Waals surface area contributed by atoms with Crippen molar-refractivity contribution in [2.75, 3.05) is 7.05 Å². The van der Waals surface area contributed by atoms with Crippen LogP contribution in [-0.4, -0.2) is 34.4 Å². The molecule has 0 amide bonds. The van der Waals surface area contributed by atoms with E-state index in [4.69, 9.17) is 0 Å². The van der Waals surface area contributed by atoms with Crippen LogP contribution < -0.4 is 4.74 Å². The van der Waals surface area contributed by atoms with Gasteiger partial charge < -0.3 is 4.74 Å². The lowest BCUT2D eigenvalue weighted by Crippen LogP contribution is -2.17. The van der Waals surface area contributed by atoms with E-state index >= 15 is 0 Å². The van der Waals surface area contributed by atoms with Crippen LogP contribution in [0.4, 0.5) is 13.2 Å². The third kappa shape index (κ3) is 4.23. The molecule has 0 radical (unpaired) electrons. The number of benzene rings is 2. The molecule has 1 aromatic heterocycles. The minimum absolute atomic E-state index is 0.287. The molecule has 128 valence electrons. The van der Waals surface area contributed by atoms with Crippen molar-refractivity contribution in [1.82, 2.24) is 14.8 Å². The minimum atomic E-state index is -4.71.